The van der Waals surface area contributed by atoms with Gasteiger partial charge in [0.05, 0.1) is 0 Å². The summed E-state index contributed by atoms with van der Waals surface area (Å²) >= 11 is 1.60. The second kappa shape index (κ2) is 5.66. The lowest BCUT2D eigenvalue weighted by Gasteiger charge is -2.13. The van der Waals surface area contributed by atoms with E-state index in [2.05, 4.69) is 27.4 Å². The molecule has 0 fully saturated rings. The minimum absolute atomic E-state index is 0.155. The van der Waals surface area contributed by atoms with Gasteiger partial charge in [-0.3, -0.25) is 0 Å². The van der Waals surface area contributed by atoms with Gasteiger partial charge in [-0.05, 0) is 19.4 Å². The van der Waals surface area contributed by atoms with Crippen LogP contribution in [0.25, 0.3) is 11.3 Å². The first-order chi connectivity index (χ1) is 9.78. The number of benzene rings is 1. The fraction of sp³-hybridized carbons (Fsp3) is 0.357. The van der Waals surface area contributed by atoms with E-state index in [1.807, 2.05) is 31.2 Å². The fourth-order valence-corrected chi connectivity index (χ4v) is 2.67. The predicted molar refractivity (Wildman–Crippen MR) is 80.0 cm³/mol. The molecule has 104 valence electrons. The first kappa shape index (κ1) is 13.2. The molecule has 3 rings (SSSR count). The first-order valence-corrected chi connectivity index (χ1v) is 7.66. The molecule has 0 saturated heterocycles. The van der Waals surface area contributed by atoms with Crippen molar-refractivity contribution in [2.75, 3.05) is 11.1 Å². The van der Waals surface area contributed by atoms with E-state index >= 15 is 0 Å². The van der Waals surface area contributed by atoms with Crippen molar-refractivity contribution in [2.24, 2.45) is 0 Å². The maximum atomic E-state index is 5.82. The van der Waals surface area contributed by atoms with Gasteiger partial charge in [0.25, 0.3) is 0 Å². The highest BCUT2D eigenvalue weighted by molar-refractivity contribution is 7.99. The average Bonchev–Trinajstić information content (AvgIpc) is 2.59. The molecule has 1 atom stereocenters. The van der Waals surface area contributed by atoms with Gasteiger partial charge in [-0.25, -0.2) is 0 Å². The molecule has 0 bridgehead atoms. The Morgan fingerprint density at radius 3 is 3.00 bits per heavy atom. The minimum Gasteiger partial charge on any atom is -0.452 e. The molecule has 0 aliphatic carbocycles. The number of nitrogens with one attached hydrogen (secondary N) is 1. The number of ether oxygens (including phenoxy) is 1. The molecule has 20 heavy (non-hydrogen) atoms. The molecule has 0 unspecified atom stereocenters. The lowest BCUT2D eigenvalue weighted by Crippen LogP contribution is -2.21. The summed E-state index contributed by atoms with van der Waals surface area (Å²) in [6, 6.07) is 7.96. The zero-order valence-corrected chi connectivity index (χ0v) is 12.3. The van der Waals surface area contributed by atoms with E-state index in [0.29, 0.717) is 16.7 Å². The number of fused-ring (bicyclic) bond motifs is 3. The van der Waals surface area contributed by atoms with Crippen molar-refractivity contribution < 1.29 is 4.74 Å². The molecule has 2 aromatic rings. The van der Waals surface area contributed by atoms with Crippen LogP contribution in [0.2, 0.25) is 0 Å². The predicted octanol–water partition coefficient (Wildman–Crippen LogP) is 3.19. The number of para-hydroxylation sites is 1. The molecule has 0 radical (unpaired) electrons. The third kappa shape index (κ3) is 2.56. The molecule has 1 aliphatic rings. The number of rotatable bonds is 3. The van der Waals surface area contributed by atoms with Crippen LogP contribution in [0.1, 0.15) is 20.3 Å². The molecule has 0 spiro atoms. The molecular weight excluding hydrogens is 272 g/mol. The molecule has 0 amide bonds. The van der Waals surface area contributed by atoms with Crippen LogP contribution >= 0.6 is 11.8 Å². The normalized spacial score (nSPS) is 16.4. The van der Waals surface area contributed by atoms with Crippen molar-refractivity contribution in [3.05, 3.63) is 24.3 Å². The van der Waals surface area contributed by atoms with Crippen LogP contribution < -0.4 is 10.1 Å². The van der Waals surface area contributed by atoms with Crippen LogP contribution in [0.3, 0.4) is 0 Å². The Hall–Kier alpha value is -1.82. The van der Waals surface area contributed by atoms with E-state index in [-0.39, 0.29) is 6.23 Å². The van der Waals surface area contributed by atoms with E-state index in [1.165, 1.54) is 0 Å². The number of anilines is 1. The van der Waals surface area contributed by atoms with Gasteiger partial charge < -0.3 is 10.1 Å². The molecule has 0 saturated carbocycles. The van der Waals surface area contributed by atoms with Crippen molar-refractivity contribution in [2.45, 2.75) is 31.7 Å². The Bertz CT molecular complexity index is 620. The summed E-state index contributed by atoms with van der Waals surface area (Å²) in [6.07, 6.45) is 0.922. The van der Waals surface area contributed by atoms with Crippen molar-refractivity contribution in [1.29, 1.82) is 0 Å². The SMILES string of the molecule is CCCSc1nnc2c(n1)O[C@H](C)Nc1ccccc1-2. The summed E-state index contributed by atoms with van der Waals surface area (Å²) in [5.41, 5.74) is 2.65. The van der Waals surface area contributed by atoms with Crippen molar-refractivity contribution in [1.82, 2.24) is 15.2 Å². The highest BCUT2D eigenvalue weighted by Gasteiger charge is 2.22. The molecule has 1 aromatic heterocycles. The van der Waals surface area contributed by atoms with Crippen LogP contribution in [0, 0.1) is 0 Å². The summed E-state index contributed by atoms with van der Waals surface area (Å²) in [6.45, 7) is 4.08. The van der Waals surface area contributed by atoms with Gasteiger partial charge in [0, 0.05) is 17.0 Å². The number of hydrogen-bond acceptors (Lipinski definition) is 6. The van der Waals surface area contributed by atoms with Gasteiger partial charge in [0.1, 0.15) is 0 Å². The van der Waals surface area contributed by atoms with Gasteiger partial charge in [-0.2, -0.15) is 4.98 Å². The molecular formula is C14H16N4OS. The third-order valence-electron chi connectivity index (χ3n) is 2.90. The summed E-state index contributed by atoms with van der Waals surface area (Å²) < 4.78 is 5.82. The summed E-state index contributed by atoms with van der Waals surface area (Å²) in [5, 5.41) is 12.5. The van der Waals surface area contributed by atoms with E-state index in [1.54, 1.807) is 11.8 Å². The lowest BCUT2D eigenvalue weighted by molar-refractivity contribution is 0.240. The smallest absolute Gasteiger partial charge is 0.247 e. The average molecular weight is 288 g/mol. The van der Waals surface area contributed by atoms with Crippen molar-refractivity contribution in [3.63, 3.8) is 0 Å². The molecule has 6 heteroatoms. The number of hydrogen-bond donors (Lipinski definition) is 1. The van der Waals surface area contributed by atoms with Gasteiger partial charge in [-0.15, -0.1) is 10.2 Å². The molecule has 1 N–H and O–H groups in total. The monoisotopic (exact) mass is 288 g/mol. The highest BCUT2D eigenvalue weighted by Crippen LogP contribution is 2.35. The largest absolute Gasteiger partial charge is 0.452 e. The van der Waals surface area contributed by atoms with Gasteiger partial charge in [-0.1, -0.05) is 36.9 Å². The highest BCUT2D eigenvalue weighted by atomic mass is 32.2. The van der Waals surface area contributed by atoms with Crippen LogP contribution in [-0.4, -0.2) is 27.2 Å². The number of thioether (sulfide) groups is 1. The van der Waals surface area contributed by atoms with Gasteiger partial charge in [0.15, 0.2) is 11.9 Å². The van der Waals surface area contributed by atoms with Gasteiger partial charge in [0.2, 0.25) is 11.0 Å². The van der Waals surface area contributed by atoms with Crippen LogP contribution in [0.4, 0.5) is 5.69 Å². The van der Waals surface area contributed by atoms with Crippen LogP contribution in [0.15, 0.2) is 29.4 Å². The first-order valence-electron chi connectivity index (χ1n) is 6.68. The second-order valence-electron chi connectivity index (χ2n) is 4.55. The van der Waals surface area contributed by atoms with E-state index < -0.39 is 0 Å². The Labute approximate surface area is 122 Å². The zero-order valence-electron chi connectivity index (χ0n) is 11.5. The molecule has 1 aromatic carbocycles. The van der Waals surface area contributed by atoms with Crippen LogP contribution in [-0.2, 0) is 0 Å². The quantitative estimate of drug-likeness (QED) is 0.875. The Kier molecular flexibility index (Phi) is 3.73. The molecule has 1 aliphatic heterocycles. The number of aromatic nitrogens is 3. The lowest BCUT2D eigenvalue weighted by atomic mass is 10.1. The minimum atomic E-state index is -0.155. The van der Waals surface area contributed by atoms with Gasteiger partial charge >= 0.3 is 0 Å². The fourth-order valence-electron chi connectivity index (χ4n) is 2.03. The number of nitrogens with zero attached hydrogens (tertiary/aromatic N) is 3. The third-order valence-corrected chi connectivity index (χ3v) is 3.94. The summed E-state index contributed by atoms with van der Waals surface area (Å²) in [4.78, 5) is 4.49. The molecule has 2 heterocycles. The zero-order chi connectivity index (χ0) is 13.9. The maximum absolute atomic E-state index is 5.82. The standard InChI is InChI=1S/C14H16N4OS/c1-3-8-20-14-16-13-12(17-18-14)10-6-4-5-7-11(10)15-9(2)19-13/h4-7,9,15H,3,8H2,1-2H3/t9-/m1/s1. The van der Waals surface area contributed by atoms with E-state index in [4.69, 9.17) is 4.74 Å². The Morgan fingerprint density at radius 2 is 2.15 bits per heavy atom. The summed E-state index contributed by atoms with van der Waals surface area (Å²) in [7, 11) is 0. The maximum Gasteiger partial charge on any atom is 0.247 e. The Morgan fingerprint density at radius 1 is 1.30 bits per heavy atom. The molecule has 5 nitrogen and oxygen atoms in total. The van der Waals surface area contributed by atoms with Crippen molar-refractivity contribution >= 4 is 17.4 Å². The summed E-state index contributed by atoms with van der Waals surface area (Å²) in [5.74, 6) is 1.52. The van der Waals surface area contributed by atoms with E-state index in [9.17, 15) is 0 Å². The van der Waals surface area contributed by atoms with Crippen molar-refractivity contribution in [3.8, 4) is 17.1 Å². The van der Waals surface area contributed by atoms with E-state index in [0.717, 1.165) is 23.4 Å². The van der Waals surface area contributed by atoms with Crippen LogP contribution in [0.5, 0.6) is 5.88 Å². The topological polar surface area (TPSA) is 59.9 Å². The second-order valence-corrected chi connectivity index (χ2v) is 5.61. The Balaban J connectivity index is 2.04.